The molecule has 0 spiro atoms. The number of carbonyl (C=O) groups is 1. The van der Waals surface area contributed by atoms with Gasteiger partial charge in [0.1, 0.15) is 6.33 Å². The maximum absolute atomic E-state index is 12.8. The van der Waals surface area contributed by atoms with Crippen molar-refractivity contribution >= 4 is 22.9 Å². The van der Waals surface area contributed by atoms with Crippen LogP contribution in [0.3, 0.4) is 0 Å². The van der Waals surface area contributed by atoms with Crippen LogP contribution in [0.4, 0.5) is 0 Å². The lowest BCUT2D eigenvalue weighted by atomic mass is 10.2. The van der Waals surface area contributed by atoms with Crippen molar-refractivity contribution in [1.82, 2.24) is 34.5 Å². The summed E-state index contributed by atoms with van der Waals surface area (Å²) >= 11 is 1.59. The van der Waals surface area contributed by atoms with E-state index >= 15 is 0 Å². The molecule has 9 nitrogen and oxygen atoms in total. The van der Waals surface area contributed by atoms with Gasteiger partial charge in [0.15, 0.2) is 5.65 Å². The Labute approximate surface area is 164 Å². The molecule has 1 amide bonds. The van der Waals surface area contributed by atoms with Gasteiger partial charge in [-0.2, -0.15) is 4.98 Å². The van der Waals surface area contributed by atoms with Crippen LogP contribution in [0.25, 0.3) is 16.3 Å². The van der Waals surface area contributed by atoms with Crippen LogP contribution in [-0.2, 0) is 6.54 Å². The van der Waals surface area contributed by atoms with Crippen LogP contribution in [0, 0.1) is 0 Å². The number of thiophene rings is 1. The van der Waals surface area contributed by atoms with Crippen molar-refractivity contribution in [3.8, 4) is 10.7 Å². The lowest BCUT2D eigenvalue weighted by Gasteiger charge is -2.34. The zero-order valence-corrected chi connectivity index (χ0v) is 15.7. The highest BCUT2D eigenvalue weighted by atomic mass is 32.1. The lowest BCUT2D eigenvalue weighted by molar-refractivity contribution is 0.0614. The molecular formula is C18H17N7O2S. The van der Waals surface area contributed by atoms with E-state index in [-0.39, 0.29) is 5.91 Å². The molecule has 0 bridgehead atoms. The summed E-state index contributed by atoms with van der Waals surface area (Å²) in [5.41, 5.74) is 1.36. The Kier molecular flexibility index (Phi) is 4.34. The first-order valence-corrected chi connectivity index (χ1v) is 9.82. The van der Waals surface area contributed by atoms with Crippen LogP contribution in [0.2, 0.25) is 0 Å². The van der Waals surface area contributed by atoms with E-state index in [1.54, 1.807) is 40.4 Å². The summed E-state index contributed by atoms with van der Waals surface area (Å²) < 4.78 is 7.13. The van der Waals surface area contributed by atoms with Gasteiger partial charge in [-0.15, -0.1) is 21.5 Å². The zero-order valence-electron chi connectivity index (χ0n) is 14.9. The van der Waals surface area contributed by atoms with Crippen molar-refractivity contribution in [1.29, 1.82) is 0 Å². The Morgan fingerprint density at radius 2 is 2.07 bits per heavy atom. The number of piperazine rings is 1. The van der Waals surface area contributed by atoms with Gasteiger partial charge in [-0.25, -0.2) is 0 Å². The number of amides is 1. The van der Waals surface area contributed by atoms with Gasteiger partial charge in [0.2, 0.25) is 11.7 Å². The number of aromatic nitrogens is 5. The Morgan fingerprint density at radius 1 is 1.18 bits per heavy atom. The number of nitrogens with zero attached hydrogens (tertiary/aromatic N) is 7. The van der Waals surface area contributed by atoms with Crippen LogP contribution in [0.15, 0.2) is 46.7 Å². The van der Waals surface area contributed by atoms with E-state index in [9.17, 15) is 4.79 Å². The van der Waals surface area contributed by atoms with Crippen LogP contribution in [-0.4, -0.2) is 66.6 Å². The van der Waals surface area contributed by atoms with Gasteiger partial charge < -0.3 is 9.42 Å². The largest absolute Gasteiger partial charge is 0.338 e. The van der Waals surface area contributed by atoms with Gasteiger partial charge in [0.25, 0.3) is 5.91 Å². The molecule has 0 atom stereocenters. The highest BCUT2D eigenvalue weighted by molar-refractivity contribution is 7.13. The van der Waals surface area contributed by atoms with Crippen LogP contribution >= 0.6 is 11.3 Å². The van der Waals surface area contributed by atoms with Crippen molar-refractivity contribution in [2.45, 2.75) is 6.54 Å². The van der Waals surface area contributed by atoms with Gasteiger partial charge >= 0.3 is 0 Å². The van der Waals surface area contributed by atoms with E-state index in [1.165, 1.54) is 0 Å². The zero-order chi connectivity index (χ0) is 18.9. The first-order valence-electron chi connectivity index (χ1n) is 8.94. The quantitative estimate of drug-likeness (QED) is 0.520. The molecule has 0 radical (unpaired) electrons. The fourth-order valence-corrected chi connectivity index (χ4v) is 3.91. The normalized spacial score (nSPS) is 15.4. The molecule has 1 aliphatic rings. The van der Waals surface area contributed by atoms with Crippen molar-refractivity contribution in [3.05, 3.63) is 53.6 Å². The van der Waals surface area contributed by atoms with Gasteiger partial charge in [-0.1, -0.05) is 11.2 Å². The Hall–Kier alpha value is -3.11. The molecule has 5 heterocycles. The maximum Gasteiger partial charge on any atom is 0.255 e. The minimum atomic E-state index is 0.0213. The standard InChI is InChI=1S/C18H17N7O2S/c26-18(13-3-4-15-21-19-12-25(15)10-13)24-7-5-23(6-8-24)11-16-20-17(22-27-16)14-2-1-9-28-14/h1-4,9-10,12H,5-8,11H2. The molecule has 1 aliphatic heterocycles. The molecule has 0 N–H and O–H groups in total. The number of hydrogen-bond donors (Lipinski definition) is 0. The fraction of sp³-hybridized carbons (Fsp3) is 0.278. The number of fused-ring (bicyclic) bond motifs is 1. The van der Waals surface area contributed by atoms with Gasteiger partial charge in [0.05, 0.1) is 17.0 Å². The van der Waals surface area contributed by atoms with Crippen molar-refractivity contribution in [2.24, 2.45) is 0 Å². The Morgan fingerprint density at radius 3 is 2.89 bits per heavy atom. The summed E-state index contributed by atoms with van der Waals surface area (Å²) in [5.74, 6) is 1.25. The minimum Gasteiger partial charge on any atom is -0.338 e. The van der Waals surface area contributed by atoms with Crippen molar-refractivity contribution in [2.75, 3.05) is 26.2 Å². The molecule has 10 heteroatoms. The number of carbonyl (C=O) groups excluding carboxylic acids is 1. The second-order valence-electron chi connectivity index (χ2n) is 6.57. The molecule has 0 aromatic carbocycles. The molecule has 4 aromatic heterocycles. The molecule has 5 rings (SSSR count). The predicted octanol–water partition coefficient (Wildman–Crippen LogP) is 1.80. The smallest absolute Gasteiger partial charge is 0.255 e. The number of rotatable bonds is 4. The minimum absolute atomic E-state index is 0.0213. The average Bonchev–Trinajstić information content (AvgIpc) is 3.48. The third-order valence-electron chi connectivity index (χ3n) is 4.77. The summed E-state index contributed by atoms with van der Waals surface area (Å²) in [7, 11) is 0. The van der Waals surface area contributed by atoms with Gasteiger partial charge in [-0.05, 0) is 23.6 Å². The topological polar surface area (TPSA) is 92.7 Å². The molecule has 0 saturated carbocycles. The molecule has 1 saturated heterocycles. The monoisotopic (exact) mass is 395 g/mol. The molecule has 28 heavy (non-hydrogen) atoms. The number of pyridine rings is 1. The van der Waals surface area contributed by atoms with E-state index in [1.807, 2.05) is 22.4 Å². The first-order chi connectivity index (χ1) is 13.8. The fourth-order valence-electron chi connectivity index (χ4n) is 3.26. The van der Waals surface area contributed by atoms with E-state index in [2.05, 4.69) is 25.2 Å². The lowest BCUT2D eigenvalue weighted by Crippen LogP contribution is -2.48. The highest BCUT2D eigenvalue weighted by Crippen LogP contribution is 2.21. The molecule has 142 valence electrons. The van der Waals surface area contributed by atoms with Gasteiger partial charge in [0, 0.05) is 32.4 Å². The van der Waals surface area contributed by atoms with E-state index in [0.29, 0.717) is 36.9 Å². The second kappa shape index (κ2) is 7.13. The summed E-state index contributed by atoms with van der Waals surface area (Å²) in [4.78, 5) is 22.3. The van der Waals surface area contributed by atoms with Crippen molar-refractivity contribution < 1.29 is 9.32 Å². The molecule has 4 aromatic rings. The van der Waals surface area contributed by atoms with Crippen LogP contribution in [0.1, 0.15) is 16.2 Å². The molecule has 0 unspecified atom stereocenters. The van der Waals surface area contributed by atoms with Crippen LogP contribution < -0.4 is 0 Å². The van der Waals surface area contributed by atoms with E-state index in [0.717, 1.165) is 23.6 Å². The third-order valence-corrected chi connectivity index (χ3v) is 5.63. The summed E-state index contributed by atoms with van der Waals surface area (Å²) in [5, 5.41) is 13.8. The summed E-state index contributed by atoms with van der Waals surface area (Å²) in [6.45, 7) is 3.43. The first kappa shape index (κ1) is 17.0. The molecular weight excluding hydrogens is 378 g/mol. The van der Waals surface area contributed by atoms with E-state index < -0.39 is 0 Å². The molecule has 1 fully saturated rings. The SMILES string of the molecule is O=C(c1ccc2nncn2c1)N1CCN(Cc2nc(-c3cccs3)no2)CC1. The Bertz CT molecular complexity index is 1100. The second-order valence-corrected chi connectivity index (χ2v) is 7.52. The highest BCUT2D eigenvalue weighted by Gasteiger charge is 2.24. The van der Waals surface area contributed by atoms with Gasteiger partial charge in [-0.3, -0.25) is 14.1 Å². The molecule has 0 aliphatic carbocycles. The van der Waals surface area contributed by atoms with Crippen molar-refractivity contribution in [3.63, 3.8) is 0 Å². The average molecular weight is 395 g/mol. The summed E-state index contributed by atoms with van der Waals surface area (Å²) in [6, 6.07) is 7.54. The predicted molar refractivity (Wildman–Crippen MR) is 102 cm³/mol. The summed E-state index contributed by atoms with van der Waals surface area (Å²) in [6.07, 6.45) is 3.37. The number of hydrogen-bond acceptors (Lipinski definition) is 8. The van der Waals surface area contributed by atoms with E-state index in [4.69, 9.17) is 4.52 Å². The maximum atomic E-state index is 12.8. The van der Waals surface area contributed by atoms with Crippen LogP contribution in [0.5, 0.6) is 0 Å². The Balaban J connectivity index is 1.19. The third kappa shape index (κ3) is 3.27.